The molecule has 1 N–H and O–H groups in total. The lowest BCUT2D eigenvalue weighted by molar-refractivity contribution is 0.307. The average molecular weight is 536 g/mol. The summed E-state index contributed by atoms with van der Waals surface area (Å²) in [5.41, 5.74) is 2.62. The number of rotatable bonds is 4. The van der Waals surface area contributed by atoms with Crippen molar-refractivity contribution < 1.29 is 4.74 Å². The number of aromatic nitrogens is 2. The van der Waals surface area contributed by atoms with Crippen LogP contribution in [0.25, 0.3) is 21.6 Å². The summed E-state index contributed by atoms with van der Waals surface area (Å²) in [4.78, 5) is 22.9. The van der Waals surface area contributed by atoms with Crippen molar-refractivity contribution in [3.63, 3.8) is 0 Å². The molecule has 4 nitrogen and oxygen atoms in total. The number of aromatic amines is 1. The third-order valence-corrected chi connectivity index (χ3v) is 7.69. The van der Waals surface area contributed by atoms with E-state index in [0.717, 1.165) is 39.5 Å². The number of nitrogens with zero attached hydrogens (tertiary/aromatic N) is 1. The van der Waals surface area contributed by atoms with Gasteiger partial charge >= 0.3 is 0 Å². The van der Waals surface area contributed by atoms with E-state index in [1.165, 1.54) is 16.9 Å². The Bertz CT molecular complexity index is 1370. The van der Waals surface area contributed by atoms with Crippen LogP contribution in [0.3, 0.4) is 0 Å². The van der Waals surface area contributed by atoms with Crippen molar-refractivity contribution >= 4 is 60.7 Å². The van der Waals surface area contributed by atoms with Crippen LogP contribution in [0.1, 0.15) is 28.8 Å². The van der Waals surface area contributed by atoms with Gasteiger partial charge in [0.05, 0.1) is 10.9 Å². The van der Waals surface area contributed by atoms with E-state index in [0.29, 0.717) is 27.2 Å². The molecule has 2 aromatic heterocycles. The van der Waals surface area contributed by atoms with E-state index in [-0.39, 0.29) is 12.2 Å². The molecule has 0 saturated carbocycles. The molecule has 0 aliphatic heterocycles. The first kappa shape index (κ1) is 21.0. The Morgan fingerprint density at radius 2 is 1.97 bits per heavy atom. The van der Waals surface area contributed by atoms with E-state index in [1.54, 1.807) is 23.5 Å². The molecule has 1 aliphatic rings. The van der Waals surface area contributed by atoms with Gasteiger partial charge in [0.2, 0.25) is 0 Å². The second-order valence-electron chi connectivity index (χ2n) is 7.47. The van der Waals surface area contributed by atoms with Gasteiger partial charge < -0.3 is 9.72 Å². The monoisotopic (exact) mass is 534 g/mol. The third-order valence-electron chi connectivity index (χ3n) is 5.42. The predicted octanol–water partition coefficient (Wildman–Crippen LogP) is 7.18. The number of ether oxygens (including phenoxy) is 1. The fourth-order valence-corrected chi connectivity index (χ4v) is 5.98. The Labute approximate surface area is 201 Å². The Morgan fingerprint density at radius 3 is 2.81 bits per heavy atom. The Morgan fingerprint density at radius 1 is 1.13 bits per heavy atom. The first-order valence-electron chi connectivity index (χ1n) is 9.91. The summed E-state index contributed by atoms with van der Waals surface area (Å²) in [6, 6.07) is 11.0. The van der Waals surface area contributed by atoms with Crippen molar-refractivity contribution in [1.82, 2.24) is 9.97 Å². The number of nitrogens with one attached hydrogen (secondary N) is 1. The van der Waals surface area contributed by atoms with E-state index in [9.17, 15) is 4.79 Å². The van der Waals surface area contributed by atoms with Crippen LogP contribution < -0.4 is 10.3 Å². The van der Waals surface area contributed by atoms with Crippen molar-refractivity contribution in [3.05, 3.63) is 77.3 Å². The van der Waals surface area contributed by atoms with Crippen LogP contribution in [-0.2, 0) is 19.4 Å². The highest BCUT2D eigenvalue weighted by Gasteiger charge is 2.21. The van der Waals surface area contributed by atoms with E-state index in [2.05, 4.69) is 20.9 Å². The Hall–Kier alpha value is -1.86. The first-order valence-corrected chi connectivity index (χ1v) is 12.3. The quantitative estimate of drug-likeness (QED) is 0.301. The van der Waals surface area contributed by atoms with Gasteiger partial charge in [-0.05, 0) is 61.6 Å². The van der Waals surface area contributed by atoms with Gasteiger partial charge in [-0.25, -0.2) is 4.98 Å². The minimum Gasteiger partial charge on any atom is -0.488 e. The summed E-state index contributed by atoms with van der Waals surface area (Å²) < 4.78 is 6.95. The van der Waals surface area contributed by atoms with Gasteiger partial charge in [0.1, 0.15) is 23.0 Å². The molecule has 0 saturated heterocycles. The molecular formula is C23H17BrCl2N2O2S. The van der Waals surface area contributed by atoms with Gasteiger partial charge in [0.25, 0.3) is 5.56 Å². The molecule has 0 amide bonds. The molecule has 158 valence electrons. The van der Waals surface area contributed by atoms with Crippen LogP contribution >= 0.6 is 50.5 Å². The standard InChI is InChI=1S/C23H17BrCl2N2O2S/c24-13-6-8-18(30-11-12-5-7-14(25)10-17(12)26)16(9-13)21-27-22(29)20-15-3-1-2-4-19(15)31-23(20)28-21/h5-10H,1-4,11H2,(H,27,28,29). The van der Waals surface area contributed by atoms with Gasteiger partial charge in [-0.15, -0.1) is 11.3 Å². The highest BCUT2D eigenvalue weighted by atomic mass is 79.9. The van der Waals surface area contributed by atoms with Gasteiger partial charge in [-0.3, -0.25) is 4.79 Å². The van der Waals surface area contributed by atoms with Gasteiger partial charge in [0, 0.05) is 25.0 Å². The number of aryl methyl sites for hydroxylation is 2. The van der Waals surface area contributed by atoms with E-state index >= 15 is 0 Å². The molecular weight excluding hydrogens is 519 g/mol. The van der Waals surface area contributed by atoms with Crippen LogP contribution in [0, 0.1) is 0 Å². The molecule has 0 radical (unpaired) electrons. The summed E-state index contributed by atoms with van der Waals surface area (Å²) in [5.74, 6) is 1.10. The second kappa shape index (κ2) is 8.58. The maximum Gasteiger partial charge on any atom is 0.260 e. The molecule has 0 atom stereocenters. The van der Waals surface area contributed by atoms with Crippen molar-refractivity contribution in [3.8, 4) is 17.1 Å². The maximum absolute atomic E-state index is 13.0. The van der Waals surface area contributed by atoms with Crippen LogP contribution in [0.5, 0.6) is 5.75 Å². The Kier molecular flexibility index (Phi) is 5.82. The fraction of sp³-hybridized carbons (Fsp3) is 0.217. The lowest BCUT2D eigenvalue weighted by atomic mass is 9.97. The summed E-state index contributed by atoms with van der Waals surface area (Å²) in [5, 5.41) is 1.86. The van der Waals surface area contributed by atoms with E-state index in [1.807, 2.05) is 24.3 Å². The zero-order valence-electron chi connectivity index (χ0n) is 16.3. The molecule has 8 heteroatoms. The summed E-state index contributed by atoms with van der Waals surface area (Å²) in [6.07, 6.45) is 4.27. The molecule has 0 unspecified atom stereocenters. The van der Waals surface area contributed by atoms with Crippen molar-refractivity contribution in [1.29, 1.82) is 0 Å². The lowest BCUT2D eigenvalue weighted by Crippen LogP contribution is -2.11. The van der Waals surface area contributed by atoms with E-state index < -0.39 is 0 Å². The molecule has 31 heavy (non-hydrogen) atoms. The van der Waals surface area contributed by atoms with Crippen LogP contribution in [0.2, 0.25) is 10.0 Å². The number of H-pyrrole nitrogens is 1. The minimum atomic E-state index is -0.0916. The largest absolute Gasteiger partial charge is 0.488 e. The van der Waals surface area contributed by atoms with Crippen LogP contribution in [-0.4, -0.2) is 9.97 Å². The molecule has 0 bridgehead atoms. The van der Waals surface area contributed by atoms with Crippen LogP contribution in [0.15, 0.2) is 45.7 Å². The molecule has 2 heterocycles. The zero-order valence-corrected chi connectivity index (χ0v) is 20.2. The third kappa shape index (κ3) is 4.14. The summed E-state index contributed by atoms with van der Waals surface area (Å²) in [6.45, 7) is 0.268. The fourth-order valence-electron chi connectivity index (χ4n) is 3.90. The van der Waals surface area contributed by atoms with Gasteiger partial charge in [0.15, 0.2) is 0 Å². The molecule has 2 aromatic carbocycles. The number of fused-ring (bicyclic) bond motifs is 3. The number of benzene rings is 2. The average Bonchev–Trinajstić information content (AvgIpc) is 3.13. The number of hydrogen-bond acceptors (Lipinski definition) is 4. The minimum absolute atomic E-state index is 0.0916. The van der Waals surface area contributed by atoms with Gasteiger partial charge in [-0.1, -0.05) is 45.2 Å². The maximum atomic E-state index is 13.0. The lowest BCUT2D eigenvalue weighted by Gasteiger charge is -2.13. The molecule has 5 rings (SSSR count). The molecule has 0 spiro atoms. The second-order valence-corrected chi connectivity index (χ2v) is 10.3. The van der Waals surface area contributed by atoms with Crippen molar-refractivity contribution in [2.45, 2.75) is 32.3 Å². The Balaban J connectivity index is 1.55. The first-order chi connectivity index (χ1) is 15.0. The summed E-state index contributed by atoms with van der Waals surface area (Å²) in [7, 11) is 0. The molecule has 1 aliphatic carbocycles. The zero-order chi connectivity index (χ0) is 21.5. The molecule has 0 fully saturated rings. The SMILES string of the molecule is O=c1[nH]c(-c2cc(Br)ccc2OCc2ccc(Cl)cc2Cl)nc2sc3c(c12)CCCC3. The summed E-state index contributed by atoms with van der Waals surface area (Å²) >= 11 is 17.4. The highest BCUT2D eigenvalue weighted by Crippen LogP contribution is 2.36. The normalized spacial score (nSPS) is 13.4. The predicted molar refractivity (Wildman–Crippen MR) is 131 cm³/mol. The number of hydrogen-bond donors (Lipinski definition) is 1. The highest BCUT2D eigenvalue weighted by molar-refractivity contribution is 9.10. The van der Waals surface area contributed by atoms with Crippen molar-refractivity contribution in [2.24, 2.45) is 0 Å². The number of halogens is 3. The van der Waals surface area contributed by atoms with E-state index in [4.69, 9.17) is 32.9 Å². The van der Waals surface area contributed by atoms with Crippen molar-refractivity contribution in [2.75, 3.05) is 0 Å². The van der Waals surface area contributed by atoms with Gasteiger partial charge in [-0.2, -0.15) is 0 Å². The topological polar surface area (TPSA) is 55.0 Å². The molecule has 4 aromatic rings. The number of thiophene rings is 1. The smallest absolute Gasteiger partial charge is 0.260 e. The van der Waals surface area contributed by atoms with Crippen LogP contribution in [0.4, 0.5) is 0 Å².